The summed E-state index contributed by atoms with van der Waals surface area (Å²) in [6, 6.07) is 6.44. The Morgan fingerprint density at radius 2 is 2.11 bits per heavy atom. The van der Waals surface area contributed by atoms with Crippen molar-refractivity contribution >= 4 is 33.2 Å². The predicted octanol–water partition coefficient (Wildman–Crippen LogP) is 3.51. The lowest BCUT2D eigenvalue weighted by Crippen LogP contribution is -2.43. The molecule has 1 aromatic carbocycles. The van der Waals surface area contributed by atoms with Crippen LogP contribution in [0.3, 0.4) is 0 Å². The highest BCUT2D eigenvalue weighted by Gasteiger charge is 2.32. The first-order chi connectivity index (χ1) is 9.05. The van der Waals surface area contributed by atoms with Gasteiger partial charge in [-0.2, -0.15) is 4.31 Å². The second-order valence-corrected chi connectivity index (χ2v) is 7.41. The molecule has 1 heterocycles. The molecule has 1 unspecified atom stereocenters. The zero-order valence-corrected chi connectivity index (χ0v) is 12.9. The Bertz CT molecular complexity index is 531. The van der Waals surface area contributed by atoms with Crippen LogP contribution in [0.1, 0.15) is 25.7 Å². The fourth-order valence-corrected chi connectivity index (χ4v) is 4.74. The first-order valence-corrected chi connectivity index (χ1v) is 8.74. The number of hydrogen-bond acceptors (Lipinski definition) is 2. The van der Waals surface area contributed by atoms with Crippen LogP contribution in [-0.4, -0.2) is 31.2 Å². The molecule has 1 aromatic rings. The number of sulfonamides is 1. The lowest BCUT2D eigenvalue weighted by atomic mass is 10.0. The van der Waals surface area contributed by atoms with Crippen molar-refractivity contribution in [1.29, 1.82) is 0 Å². The molecule has 1 saturated heterocycles. The molecular weight excluding hydrogens is 305 g/mol. The Morgan fingerprint density at radius 1 is 1.32 bits per heavy atom. The van der Waals surface area contributed by atoms with Crippen LogP contribution in [0.2, 0.25) is 5.02 Å². The maximum Gasteiger partial charge on any atom is 0.243 e. The maximum absolute atomic E-state index is 12.6. The monoisotopic (exact) mass is 321 g/mol. The minimum absolute atomic E-state index is 0.00947. The molecule has 0 aromatic heterocycles. The minimum Gasteiger partial charge on any atom is -0.207 e. The fraction of sp³-hybridized carbons (Fsp3) is 0.538. The summed E-state index contributed by atoms with van der Waals surface area (Å²) >= 11 is 11.7. The van der Waals surface area contributed by atoms with Gasteiger partial charge in [0.15, 0.2) is 0 Å². The van der Waals surface area contributed by atoms with Crippen LogP contribution in [0.25, 0.3) is 0 Å². The van der Waals surface area contributed by atoms with E-state index in [0.717, 1.165) is 19.3 Å². The van der Waals surface area contributed by atoms with Crippen molar-refractivity contribution in [2.24, 2.45) is 0 Å². The molecule has 106 valence electrons. The molecule has 0 amide bonds. The standard InChI is InChI=1S/C13H17Cl2NO2S/c14-8-7-12-5-1-2-9-16(12)19(17,18)13-6-3-4-11(15)10-13/h3-4,6,10,12H,1-2,5,7-9H2. The Hall–Kier alpha value is -0.290. The van der Waals surface area contributed by atoms with E-state index in [1.807, 2.05) is 0 Å². The highest BCUT2D eigenvalue weighted by molar-refractivity contribution is 7.89. The van der Waals surface area contributed by atoms with Crippen LogP contribution in [0.15, 0.2) is 29.2 Å². The molecule has 0 bridgehead atoms. The first-order valence-electron chi connectivity index (χ1n) is 6.39. The molecule has 2 rings (SSSR count). The van der Waals surface area contributed by atoms with E-state index in [1.54, 1.807) is 22.5 Å². The van der Waals surface area contributed by atoms with Crippen molar-refractivity contribution in [3.63, 3.8) is 0 Å². The van der Waals surface area contributed by atoms with Gasteiger partial charge in [-0.05, 0) is 37.5 Å². The van der Waals surface area contributed by atoms with Crippen molar-refractivity contribution in [1.82, 2.24) is 4.31 Å². The maximum atomic E-state index is 12.6. The van der Waals surface area contributed by atoms with Crippen LogP contribution >= 0.6 is 23.2 Å². The number of piperidine rings is 1. The topological polar surface area (TPSA) is 37.4 Å². The fourth-order valence-electron chi connectivity index (χ4n) is 2.47. The molecule has 3 nitrogen and oxygen atoms in total. The van der Waals surface area contributed by atoms with E-state index in [9.17, 15) is 8.42 Å². The van der Waals surface area contributed by atoms with Crippen LogP contribution in [0.4, 0.5) is 0 Å². The molecule has 1 aliphatic heterocycles. The highest BCUT2D eigenvalue weighted by Crippen LogP contribution is 2.28. The molecule has 1 fully saturated rings. The smallest absolute Gasteiger partial charge is 0.207 e. The van der Waals surface area contributed by atoms with Gasteiger partial charge in [-0.1, -0.05) is 24.1 Å². The van der Waals surface area contributed by atoms with Gasteiger partial charge in [0, 0.05) is 23.5 Å². The van der Waals surface area contributed by atoms with Crippen LogP contribution < -0.4 is 0 Å². The lowest BCUT2D eigenvalue weighted by Gasteiger charge is -2.34. The molecule has 0 aliphatic carbocycles. The first kappa shape index (κ1) is 15.1. The zero-order valence-electron chi connectivity index (χ0n) is 10.6. The summed E-state index contributed by atoms with van der Waals surface area (Å²) in [4.78, 5) is 0.265. The summed E-state index contributed by atoms with van der Waals surface area (Å²) in [6.07, 6.45) is 3.54. The van der Waals surface area contributed by atoms with Gasteiger partial charge in [0.1, 0.15) is 0 Å². The summed E-state index contributed by atoms with van der Waals surface area (Å²) in [7, 11) is -3.47. The van der Waals surface area contributed by atoms with Crippen molar-refractivity contribution < 1.29 is 8.42 Å². The van der Waals surface area contributed by atoms with Gasteiger partial charge in [0.25, 0.3) is 0 Å². The highest BCUT2D eigenvalue weighted by atomic mass is 35.5. The molecular formula is C13H17Cl2NO2S. The van der Waals surface area contributed by atoms with Crippen molar-refractivity contribution in [2.75, 3.05) is 12.4 Å². The number of hydrogen-bond donors (Lipinski definition) is 0. The quantitative estimate of drug-likeness (QED) is 0.796. The summed E-state index contributed by atoms with van der Waals surface area (Å²) in [5, 5.41) is 0.437. The van der Waals surface area contributed by atoms with Gasteiger partial charge < -0.3 is 0 Å². The molecule has 1 aliphatic rings. The third kappa shape index (κ3) is 3.43. The van der Waals surface area contributed by atoms with E-state index < -0.39 is 10.0 Å². The number of rotatable bonds is 4. The van der Waals surface area contributed by atoms with Gasteiger partial charge in [-0.25, -0.2) is 8.42 Å². The molecule has 0 radical (unpaired) electrons. The van der Waals surface area contributed by atoms with E-state index >= 15 is 0 Å². The lowest BCUT2D eigenvalue weighted by molar-refractivity contribution is 0.247. The molecule has 0 saturated carbocycles. The van der Waals surface area contributed by atoms with E-state index in [1.165, 1.54) is 6.07 Å². The minimum atomic E-state index is -3.47. The third-order valence-electron chi connectivity index (χ3n) is 3.42. The van der Waals surface area contributed by atoms with E-state index in [2.05, 4.69) is 0 Å². The van der Waals surface area contributed by atoms with Gasteiger partial charge in [0.05, 0.1) is 4.90 Å². The van der Waals surface area contributed by atoms with Crippen molar-refractivity contribution in [3.05, 3.63) is 29.3 Å². The Kier molecular flexibility index (Phi) is 5.12. The summed E-state index contributed by atoms with van der Waals surface area (Å²) in [5.41, 5.74) is 0. The van der Waals surface area contributed by atoms with E-state index in [4.69, 9.17) is 23.2 Å². The largest absolute Gasteiger partial charge is 0.243 e. The van der Waals surface area contributed by atoms with Gasteiger partial charge in [0.2, 0.25) is 10.0 Å². The zero-order chi connectivity index (χ0) is 13.9. The SMILES string of the molecule is O=S(=O)(c1cccc(Cl)c1)N1CCCCC1CCCl. The molecule has 0 spiro atoms. The van der Waals surface area contributed by atoms with Crippen LogP contribution in [0.5, 0.6) is 0 Å². The van der Waals surface area contributed by atoms with Crippen LogP contribution in [-0.2, 0) is 10.0 Å². The van der Waals surface area contributed by atoms with Crippen molar-refractivity contribution in [2.45, 2.75) is 36.6 Å². The average molecular weight is 322 g/mol. The Labute approximate surface area is 124 Å². The number of nitrogens with zero attached hydrogens (tertiary/aromatic N) is 1. The number of alkyl halides is 1. The Morgan fingerprint density at radius 3 is 2.79 bits per heavy atom. The number of benzene rings is 1. The molecule has 0 N–H and O–H groups in total. The van der Waals surface area contributed by atoms with Gasteiger partial charge in [-0.3, -0.25) is 0 Å². The summed E-state index contributed by atoms with van der Waals surface area (Å²) in [6.45, 7) is 0.566. The summed E-state index contributed by atoms with van der Waals surface area (Å²) < 4.78 is 26.9. The van der Waals surface area contributed by atoms with E-state index in [-0.39, 0.29) is 10.9 Å². The van der Waals surface area contributed by atoms with Crippen LogP contribution in [0, 0.1) is 0 Å². The second-order valence-electron chi connectivity index (χ2n) is 4.70. The van der Waals surface area contributed by atoms with E-state index in [0.29, 0.717) is 23.9 Å². The normalized spacial score (nSPS) is 21.5. The van der Waals surface area contributed by atoms with Crippen molar-refractivity contribution in [3.8, 4) is 0 Å². The third-order valence-corrected chi connectivity index (χ3v) is 5.82. The molecule has 19 heavy (non-hydrogen) atoms. The average Bonchev–Trinajstić information content (AvgIpc) is 2.39. The molecule has 6 heteroatoms. The predicted molar refractivity (Wildman–Crippen MR) is 78.3 cm³/mol. The second kappa shape index (κ2) is 6.44. The van der Waals surface area contributed by atoms with Gasteiger partial charge >= 0.3 is 0 Å². The Balaban J connectivity index is 2.31. The molecule has 1 atom stereocenters. The van der Waals surface area contributed by atoms with Gasteiger partial charge in [-0.15, -0.1) is 11.6 Å². The summed E-state index contributed by atoms with van der Waals surface area (Å²) in [5.74, 6) is 0.478. The number of halogens is 2.